The Hall–Kier alpha value is -2.50. The largest absolute Gasteiger partial charge is 0.497 e. The summed E-state index contributed by atoms with van der Waals surface area (Å²) in [5, 5.41) is 3.52. The third-order valence-electron chi connectivity index (χ3n) is 3.66. The molecule has 5 nitrogen and oxygen atoms in total. The van der Waals surface area contributed by atoms with Crippen LogP contribution >= 0.6 is 23.2 Å². The van der Waals surface area contributed by atoms with Gasteiger partial charge < -0.3 is 9.30 Å². The number of anilines is 1. The van der Waals surface area contributed by atoms with Crippen molar-refractivity contribution in [2.75, 3.05) is 12.4 Å². The number of rotatable bonds is 4. The van der Waals surface area contributed by atoms with Crippen molar-refractivity contribution < 1.29 is 9.53 Å². The number of hydrogen-bond donors (Lipinski definition) is 1. The standard InChI is InChI=1S/C18H15Cl2N3O2/c1-23-10-16(11-3-6-13(25-2)7-4-11)21-18(23)22-17(24)14-8-5-12(19)9-15(14)20/h3-10H,1-2H3,(H,21,22,24). The number of aromatic nitrogens is 2. The molecule has 25 heavy (non-hydrogen) atoms. The van der Waals surface area contributed by atoms with Crippen LogP contribution in [0.25, 0.3) is 11.3 Å². The van der Waals surface area contributed by atoms with Gasteiger partial charge in [-0.1, -0.05) is 23.2 Å². The van der Waals surface area contributed by atoms with Crippen LogP contribution in [0.4, 0.5) is 5.95 Å². The van der Waals surface area contributed by atoms with Gasteiger partial charge in [-0.3, -0.25) is 10.1 Å². The van der Waals surface area contributed by atoms with Gasteiger partial charge in [-0.25, -0.2) is 4.98 Å². The highest BCUT2D eigenvalue weighted by Gasteiger charge is 2.15. The molecule has 0 aliphatic rings. The molecule has 0 saturated heterocycles. The molecular formula is C18H15Cl2N3O2. The monoisotopic (exact) mass is 375 g/mol. The van der Waals surface area contributed by atoms with Crippen molar-refractivity contribution in [1.29, 1.82) is 0 Å². The van der Waals surface area contributed by atoms with E-state index in [1.54, 1.807) is 30.9 Å². The Bertz CT molecular complexity index is 921. The van der Waals surface area contributed by atoms with E-state index in [1.807, 2.05) is 30.5 Å². The lowest BCUT2D eigenvalue weighted by Gasteiger charge is -2.06. The second kappa shape index (κ2) is 7.17. The molecule has 0 aliphatic heterocycles. The lowest BCUT2D eigenvalue weighted by molar-refractivity contribution is 0.102. The Balaban J connectivity index is 1.83. The maximum absolute atomic E-state index is 12.4. The highest BCUT2D eigenvalue weighted by molar-refractivity contribution is 6.37. The molecule has 0 spiro atoms. The van der Waals surface area contributed by atoms with Gasteiger partial charge in [0.15, 0.2) is 0 Å². The zero-order chi connectivity index (χ0) is 18.0. The summed E-state index contributed by atoms with van der Waals surface area (Å²) in [6.07, 6.45) is 1.83. The van der Waals surface area contributed by atoms with Crippen LogP contribution in [-0.2, 0) is 7.05 Å². The number of nitrogens with zero attached hydrogens (tertiary/aromatic N) is 2. The summed E-state index contributed by atoms with van der Waals surface area (Å²) < 4.78 is 6.89. The maximum Gasteiger partial charge on any atom is 0.259 e. The Morgan fingerprint density at radius 1 is 1.16 bits per heavy atom. The summed E-state index contributed by atoms with van der Waals surface area (Å²) in [5.41, 5.74) is 1.99. The zero-order valence-corrected chi connectivity index (χ0v) is 15.1. The number of carbonyl (C=O) groups excluding carboxylic acids is 1. The van der Waals surface area contributed by atoms with E-state index in [4.69, 9.17) is 27.9 Å². The minimum absolute atomic E-state index is 0.287. The Kier molecular flexibility index (Phi) is 4.97. The fraction of sp³-hybridized carbons (Fsp3) is 0.111. The molecule has 1 N–H and O–H groups in total. The minimum atomic E-state index is -0.350. The molecule has 1 amide bonds. The molecule has 0 radical (unpaired) electrons. The first-order chi connectivity index (χ1) is 12.0. The van der Waals surface area contributed by atoms with Crippen LogP contribution in [0.2, 0.25) is 10.0 Å². The van der Waals surface area contributed by atoms with E-state index in [1.165, 1.54) is 6.07 Å². The van der Waals surface area contributed by atoms with Gasteiger partial charge in [0.1, 0.15) is 5.75 Å². The van der Waals surface area contributed by atoms with Crippen LogP contribution in [0.15, 0.2) is 48.7 Å². The number of aryl methyl sites for hydroxylation is 1. The van der Waals surface area contributed by atoms with Crippen LogP contribution in [-0.4, -0.2) is 22.6 Å². The summed E-state index contributed by atoms with van der Waals surface area (Å²) in [7, 11) is 3.42. The lowest BCUT2D eigenvalue weighted by atomic mass is 10.2. The smallest absolute Gasteiger partial charge is 0.259 e. The van der Waals surface area contributed by atoms with Gasteiger partial charge >= 0.3 is 0 Å². The molecule has 1 aromatic heterocycles. The molecule has 0 saturated carbocycles. The molecule has 128 valence electrons. The first-order valence-corrected chi connectivity index (χ1v) is 8.17. The van der Waals surface area contributed by atoms with E-state index < -0.39 is 0 Å². The van der Waals surface area contributed by atoms with E-state index in [2.05, 4.69) is 10.3 Å². The van der Waals surface area contributed by atoms with Crippen LogP contribution in [0.5, 0.6) is 5.75 Å². The minimum Gasteiger partial charge on any atom is -0.497 e. The molecule has 0 atom stereocenters. The summed E-state index contributed by atoms with van der Waals surface area (Å²) in [4.78, 5) is 16.9. The normalized spacial score (nSPS) is 10.6. The highest BCUT2D eigenvalue weighted by atomic mass is 35.5. The molecule has 0 aliphatic carbocycles. The third-order valence-corrected chi connectivity index (χ3v) is 4.21. The van der Waals surface area contributed by atoms with Crippen LogP contribution in [0.3, 0.4) is 0 Å². The first-order valence-electron chi connectivity index (χ1n) is 7.42. The number of hydrogen-bond acceptors (Lipinski definition) is 3. The number of carbonyl (C=O) groups is 1. The van der Waals surface area contributed by atoms with Gasteiger partial charge in [-0.05, 0) is 42.5 Å². The predicted octanol–water partition coefficient (Wildman–Crippen LogP) is 4.65. The van der Waals surface area contributed by atoms with Crippen molar-refractivity contribution in [3.63, 3.8) is 0 Å². The van der Waals surface area contributed by atoms with E-state index in [-0.39, 0.29) is 10.9 Å². The molecule has 0 fully saturated rings. The van der Waals surface area contributed by atoms with Crippen molar-refractivity contribution in [3.05, 3.63) is 64.3 Å². The second-order valence-electron chi connectivity index (χ2n) is 5.37. The van der Waals surface area contributed by atoms with Crippen LogP contribution in [0.1, 0.15) is 10.4 Å². The van der Waals surface area contributed by atoms with Crippen LogP contribution in [0, 0.1) is 0 Å². The van der Waals surface area contributed by atoms with E-state index in [9.17, 15) is 4.79 Å². The number of methoxy groups -OCH3 is 1. The molecule has 0 bridgehead atoms. The van der Waals surface area contributed by atoms with E-state index >= 15 is 0 Å². The van der Waals surface area contributed by atoms with Gasteiger partial charge in [0, 0.05) is 23.8 Å². The van der Waals surface area contributed by atoms with Gasteiger partial charge in [0.25, 0.3) is 5.91 Å². The lowest BCUT2D eigenvalue weighted by Crippen LogP contribution is -2.15. The Morgan fingerprint density at radius 2 is 1.88 bits per heavy atom. The number of nitrogens with one attached hydrogen (secondary N) is 1. The van der Waals surface area contributed by atoms with Crippen LogP contribution < -0.4 is 10.1 Å². The molecular weight excluding hydrogens is 361 g/mol. The summed E-state index contributed by atoms with van der Waals surface area (Å²) in [6.45, 7) is 0. The van der Waals surface area contributed by atoms with Crippen molar-refractivity contribution in [1.82, 2.24) is 9.55 Å². The molecule has 3 rings (SSSR count). The predicted molar refractivity (Wildman–Crippen MR) is 99.6 cm³/mol. The first kappa shape index (κ1) is 17.3. The van der Waals surface area contributed by atoms with Crippen molar-refractivity contribution in [3.8, 4) is 17.0 Å². The average Bonchev–Trinajstić information content (AvgIpc) is 2.95. The Morgan fingerprint density at radius 3 is 2.52 bits per heavy atom. The fourth-order valence-corrected chi connectivity index (χ4v) is 2.82. The maximum atomic E-state index is 12.4. The van der Waals surface area contributed by atoms with Gasteiger partial charge in [-0.15, -0.1) is 0 Å². The van der Waals surface area contributed by atoms with Crippen molar-refractivity contribution in [2.45, 2.75) is 0 Å². The number of halogens is 2. The Labute approximate surface area is 155 Å². The van der Waals surface area contributed by atoms with E-state index in [0.29, 0.717) is 16.5 Å². The SMILES string of the molecule is COc1ccc(-c2cn(C)c(NC(=O)c3ccc(Cl)cc3Cl)n2)cc1. The zero-order valence-electron chi connectivity index (χ0n) is 13.6. The van der Waals surface area contributed by atoms with E-state index in [0.717, 1.165) is 17.0 Å². The second-order valence-corrected chi connectivity index (χ2v) is 6.21. The third kappa shape index (κ3) is 3.78. The average molecular weight is 376 g/mol. The molecule has 1 heterocycles. The van der Waals surface area contributed by atoms with Gasteiger partial charge in [0.2, 0.25) is 5.95 Å². The summed E-state index contributed by atoms with van der Waals surface area (Å²) in [6, 6.07) is 12.2. The summed E-state index contributed by atoms with van der Waals surface area (Å²) >= 11 is 11.9. The summed E-state index contributed by atoms with van der Waals surface area (Å²) in [5.74, 6) is 0.837. The number of ether oxygens (including phenoxy) is 1. The quantitative estimate of drug-likeness (QED) is 0.721. The number of amides is 1. The van der Waals surface area contributed by atoms with Crippen molar-refractivity contribution >= 4 is 35.1 Å². The molecule has 2 aromatic carbocycles. The fourth-order valence-electron chi connectivity index (χ4n) is 2.33. The number of benzene rings is 2. The molecule has 3 aromatic rings. The molecule has 0 unspecified atom stereocenters. The topological polar surface area (TPSA) is 56.1 Å². The molecule has 7 heteroatoms. The van der Waals surface area contributed by atoms with Gasteiger partial charge in [0.05, 0.1) is 23.4 Å². The van der Waals surface area contributed by atoms with Gasteiger partial charge in [-0.2, -0.15) is 0 Å². The van der Waals surface area contributed by atoms with Crippen molar-refractivity contribution in [2.24, 2.45) is 7.05 Å². The highest BCUT2D eigenvalue weighted by Crippen LogP contribution is 2.25. The number of imidazole rings is 1.